The molecule has 0 unspecified atom stereocenters. The van der Waals surface area contributed by atoms with Crippen molar-refractivity contribution >= 4 is 41.3 Å². The molecular formula is C29H34ClNO3SSi. The Hall–Kier alpha value is -2.54. The van der Waals surface area contributed by atoms with Crippen LogP contribution in [0.1, 0.15) is 41.5 Å². The van der Waals surface area contributed by atoms with Crippen LogP contribution in [0.15, 0.2) is 65.6 Å². The van der Waals surface area contributed by atoms with E-state index in [0.29, 0.717) is 32.1 Å². The fourth-order valence-electron chi connectivity index (χ4n) is 5.42. The fraction of sp³-hybridized carbons (Fsp3) is 0.345. The van der Waals surface area contributed by atoms with Crippen LogP contribution in [0.25, 0.3) is 26.2 Å². The molecule has 0 spiro atoms. The summed E-state index contributed by atoms with van der Waals surface area (Å²) in [7, 11) is -0.496. The van der Waals surface area contributed by atoms with Gasteiger partial charge in [0, 0.05) is 27.5 Å². The molecule has 190 valence electrons. The molecule has 4 nitrogen and oxygen atoms in total. The van der Waals surface area contributed by atoms with Crippen molar-refractivity contribution in [3.63, 3.8) is 0 Å². The summed E-state index contributed by atoms with van der Waals surface area (Å²) in [5.41, 5.74) is 3.08. The summed E-state index contributed by atoms with van der Waals surface area (Å²) >= 11 is 7.54. The van der Waals surface area contributed by atoms with Gasteiger partial charge in [-0.1, -0.05) is 65.3 Å². The van der Waals surface area contributed by atoms with E-state index in [9.17, 15) is 4.79 Å². The first-order valence-electron chi connectivity index (χ1n) is 12.4. The number of methoxy groups -OCH3 is 1. The van der Waals surface area contributed by atoms with Gasteiger partial charge in [0.2, 0.25) is 0 Å². The number of pyridine rings is 1. The van der Waals surface area contributed by atoms with Crippen LogP contribution < -0.4 is 14.7 Å². The summed E-state index contributed by atoms with van der Waals surface area (Å²) < 4.78 is 15.0. The van der Waals surface area contributed by atoms with Gasteiger partial charge in [-0.3, -0.25) is 9.36 Å². The van der Waals surface area contributed by atoms with Crippen molar-refractivity contribution in [3.05, 3.63) is 76.2 Å². The van der Waals surface area contributed by atoms with Crippen LogP contribution in [-0.4, -0.2) is 20.0 Å². The molecule has 0 fully saturated rings. The van der Waals surface area contributed by atoms with Gasteiger partial charge >= 0.3 is 0 Å². The minimum Gasteiger partial charge on any atom is -0.540 e. The van der Waals surface area contributed by atoms with Crippen molar-refractivity contribution in [2.75, 3.05) is 7.11 Å². The number of nitrogens with zero attached hydrogens (tertiary/aromatic N) is 1. The predicted molar refractivity (Wildman–Crippen MR) is 156 cm³/mol. The zero-order valence-electron chi connectivity index (χ0n) is 22.0. The average molecular weight is 540 g/mol. The van der Waals surface area contributed by atoms with Gasteiger partial charge in [-0.05, 0) is 58.6 Å². The predicted octanol–water partition coefficient (Wildman–Crippen LogP) is 8.94. The lowest BCUT2D eigenvalue weighted by Crippen LogP contribution is -2.50. The first kappa shape index (κ1) is 26.5. The lowest BCUT2D eigenvalue weighted by molar-refractivity contribution is 0.382. The van der Waals surface area contributed by atoms with E-state index in [1.54, 1.807) is 11.7 Å². The molecular weight excluding hydrogens is 506 g/mol. The van der Waals surface area contributed by atoms with Crippen LogP contribution in [0, 0.1) is 0 Å². The minimum absolute atomic E-state index is 0.0521. The number of thiophene rings is 1. The topological polar surface area (TPSA) is 40.5 Å². The Morgan fingerprint density at radius 3 is 2.08 bits per heavy atom. The Kier molecular flexibility index (Phi) is 7.69. The molecule has 4 rings (SSSR count). The zero-order valence-corrected chi connectivity index (χ0v) is 24.5. The van der Waals surface area contributed by atoms with Gasteiger partial charge in [0.25, 0.3) is 13.9 Å². The molecule has 2 aromatic heterocycles. The molecule has 2 heterocycles. The summed E-state index contributed by atoms with van der Waals surface area (Å²) in [6.07, 6.45) is 1.83. The van der Waals surface area contributed by atoms with Gasteiger partial charge < -0.3 is 9.16 Å². The molecule has 4 aromatic rings. The molecule has 36 heavy (non-hydrogen) atoms. The van der Waals surface area contributed by atoms with Crippen molar-refractivity contribution in [1.29, 1.82) is 0 Å². The number of hydrogen-bond acceptors (Lipinski definition) is 4. The average Bonchev–Trinajstić information content (AvgIpc) is 3.28. The molecule has 0 radical (unpaired) electrons. The highest BCUT2D eigenvalue weighted by atomic mass is 35.5. The molecule has 0 aliphatic heterocycles. The second-order valence-electron chi connectivity index (χ2n) is 10.1. The number of fused-ring (bicyclic) bond motifs is 1. The van der Waals surface area contributed by atoms with Crippen molar-refractivity contribution in [2.45, 2.75) is 58.2 Å². The van der Waals surface area contributed by atoms with Crippen LogP contribution in [-0.2, 0) is 0 Å². The van der Waals surface area contributed by atoms with Crippen molar-refractivity contribution < 1.29 is 9.16 Å². The summed E-state index contributed by atoms with van der Waals surface area (Å²) in [5.74, 6) is 1.39. The molecule has 0 aliphatic rings. The maximum atomic E-state index is 13.5. The minimum atomic E-state index is -2.15. The van der Waals surface area contributed by atoms with E-state index < -0.39 is 8.32 Å². The summed E-state index contributed by atoms with van der Waals surface area (Å²) in [6, 6.07) is 17.5. The Morgan fingerprint density at radius 1 is 0.861 bits per heavy atom. The summed E-state index contributed by atoms with van der Waals surface area (Å²) in [6.45, 7) is 13.6. The number of halogens is 1. The van der Waals surface area contributed by atoms with E-state index >= 15 is 0 Å². The SMILES string of the molecule is COc1cc(-n2ccc3cc(-c4ccc(Cl)cc4)sc3c2=O)ccc1O[Si](C(C)C)(C(C)C)C(C)C. The van der Waals surface area contributed by atoms with Crippen molar-refractivity contribution in [1.82, 2.24) is 4.57 Å². The van der Waals surface area contributed by atoms with E-state index in [2.05, 4.69) is 47.6 Å². The van der Waals surface area contributed by atoms with E-state index in [-0.39, 0.29) is 5.56 Å². The van der Waals surface area contributed by atoms with Gasteiger partial charge in [-0.2, -0.15) is 0 Å². The van der Waals surface area contributed by atoms with Crippen molar-refractivity contribution in [2.24, 2.45) is 0 Å². The number of hydrogen-bond donors (Lipinski definition) is 0. The summed E-state index contributed by atoms with van der Waals surface area (Å²) in [4.78, 5) is 14.5. The largest absolute Gasteiger partial charge is 0.540 e. The third-order valence-electron chi connectivity index (χ3n) is 7.12. The number of aromatic nitrogens is 1. The van der Waals surface area contributed by atoms with E-state index in [4.69, 9.17) is 20.8 Å². The molecule has 0 atom stereocenters. The van der Waals surface area contributed by atoms with E-state index in [1.165, 1.54) is 11.3 Å². The number of ether oxygens (including phenoxy) is 1. The second-order valence-corrected chi connectivity index (χ2v) is 17.0. The van der Waals surface area contributed by atoms with Gasteiger partial charge in [0.05, 0.1) is 12.8 Å². The Balaban J connectivity index is 1.75. The molecule has 0 bridgehead atoms. The molecule has 0 saturated carbocycles. The fourth-order valence-corrected chi connectivity index (χ4v) is 11.9. The number of rotatable bonds is 8. The monoisotopic (exact) mass is 539 g/mol. The molecule has 0 aliphatic carbocycles. The molecule has 0 saturated heterocycles. The van der Waals surface area contributed by atoms with Crippen LogP contribution in [0.2, 0.25) is 21.6 Å². The highest BCUT2D eigenvalue weighted by Crippen LogP contribution is 2.45. The smallest absolute Gasteiger partial charge is 0.273 e. The van der Waals surface area contributed by atoms with E-state index in [1.807, 2.05) is 54.7 Å². The van der Waals surface area contributed by atoms with Gasteiger partial charge in [0.15, 0.2) is 5.75 Å². The van der Waals surface area contributed by atoms with Gasteiger partial charge in [0.1, 0.15) is 10.4 Å². The third kappa shape index (κ3) is 4.74. The maximum Gasteiger partial charge on any atom is 0.273 e. The lowest BCUT2D eigenvalue weighted by atomic mass is 10.2. The first-order valence-corrected chi connectivity index (χ1v) is 15.7. The summed E-state index contributed by atoms with van der Waals surface area (Å²) in [5, 5.41) is 1.62. The quantitative estimate of drug-likeness (QED) is 0.210. The second kappa shape index (κ2) is 10.4. The standard InChI is InChI=1S/C29H34ClNO3SSi/c1-18(2)36(19(3)4,20(5)6)34-25-13-12-24(17-26(25)33-7)31-15-14-22-16-27(35-28(22)29(31)32)21-8-10-23(30)11-9-21/h8-20H,1-7H3. The Bertz CT molecular complexity index is 1400. The molecule has 0 N–H and O–H groups in total. The van der Waals surface area contributed by atoms with Crippen LogP contribution >= 0.6 is 22.9 Å². The molecule has 2 aromatic carbocycles. The van der Waals surface area contributed by atoms with E-state index in [0.717, 1.165) is 27.3 Å². The highest BCUT2D eigenvalue weighted by molar-refractivity contribution is 7.22. The van der Waals surface area contributed by atoms with Crippen molar-refractivity contribution in [3.8, 4) is 27.6 Å². The molecule has 0 amide bonds. The third-order valence-corrected chi connectivity index (χ3v) is 14.6. The zero-order chi connectivity index (χ0) is 26.2. The van der Waals surface area contributed by atoms with Crippen LogP contribution in [0.5, 0.6) is 11.5 Å². The van der Waals surface area contributed by atoms with Crippen LogP contribution in [0.4, 0.5) is 0 Å². The first-order chi connectivity index (χ1) is 17.1. The lowest BCUT2D eigenvalue weighted by Gasteiger charge is -2.42. The highest BCUT2D eigenvalue weighted by Gasteiger charge is 2.47. The maximum absolute atomic E-state index is 13.5. The van der Waals surface area contributed by atoms with Gasteiger partial charge in [-0.25, -0.2) is 0 Å². The Labute approximate surface area is 223 Å². The molecule has 7 heteroatoms. The van der Waals surface area contributed by atoms with Gasteiger partial charge in [-0.15, -0.1) is 11.3 Å². The van der Waals surface area contributed by atoms with Crippen LogP contribution in [0.3, 0.4) is 0 Å². The Morgan fingerprint density at radius 2 is 1.50 bits per heavy atom. The normalized spacial score (nSPS) is 12.2. The number of benzene rings is 2.